The first-order chi connectivity index (χ1) is 10.7. The summed E-state index contributed by atoms with van der Waals surface area (Å²) < 4.78 is 53.7. The third kappa shape index (κ3) is 5.02. The van der Waals surface area contributed by atoms with E-state index in [1.165, 1.54) is 24.3 Å². The van der Waals surface area contributed by atoms with E-state index < -0.39 is 28.0 Å². The van der Waals surface area contributed by atoms with Gasteiger partial charge in [0.25, 0.3) is 12.3 Å². The molecule has 124 valence electrons. The highest BCUT2D eigenvalue weighted by Crippen LogP contribution is 2.18. The molecule has 0 aliphatic heterocycles. The summed E-state index contributed by atoms with van der Waals surface area (Å²) in [4.78, 5) is 11.9. The van der Waals surface area contributed by atoms with Crippen molar-refractivity contribution in [1.29, 1.82) is 0 Å². The molecule has 0 aliphatic carbocycles. The number of rotatable bonds is 6. The van der Waals surface area contributed by atoms with Gasteiger partial charge in [0.15, 0.2) is 5.76 Å². The van der Waals surface area contributed by atoms with E-state index in [4.69, 9.17) is 0 Å². The molecule has 7 nitrogen and oxygen atoms in total. The maximum Gasteiger partial charge on any atom is 0.283 e. The van der Waals surface area contributed by atoms with Crippen molar-refractivity contribution in [2.75, 3.05) is 11.0 Å². The number of anilines is 1. The number of alkyl halides is 2. The first-order valence-electron chi connectivity index (χ1n) is 6.34. The molecule has 1 amide bonds. The second kappa shape index (κ2) is 6.73. The van der Waals surface area contributed by atoms with Crippen molar-refractivity contribution < 1.29 is 26.5 Å². The topological polar surface area (TPSA) is 101 Å². The maximum atomic E-state index is 12.3. The minimum absolute atomic E-state index is 0.0953. The van der Waals surface area contributed by atoms with Gasteiger partial charge < -0.3 is 9.84 Å². The Morgan fingerprint density at radius 1 is 1.30 bits per heavy atom. The van der Waals surface area contributed by atoms with Gasteiger partial charge >= 0.3 is 0 Å². The van der Waals surface area contributed by atoms with E-state index in [0.29, 0.717) is 5.69 Å². The molecule has 0 bridgehead atoms. The zero-order chi connectivity index (χ0) is 17.0. The van der Waals surface area contributed by atoms with Crippen LogP contribution in [0.3, 0.4) is 0 Å². The average Bonchev–Trinajstić information content (AvgIpc) is 2.93. The molecule has 0 atom stereocenters. The number of sulfonamides is 1. The second-order valence-corrected chi connectivity index (χ2v) is 6.40. The Kier molecular flexibility index (Phi) is 4.94. The van der Waals surface area contributed by atoms with Crippen LogP contribution in [0.1, 0.15) is 28.2 Å². The van der Waals surface area contributed by atoms with Crippen LogP contribution < -0.4 is 10.0 Å². The Morgan fingerprint density at radius 2 is 1.96 bits per heavy atom. The molecule has 2 N–H and O–H groups in total. The summed E-state index contributed by atoms with van der Waals surface area (Å²) >= 11 is 0. The van der Waals surface area contributed by atoms with Gasteiger partial charge in [0.2, 0.25) is 10.0 Å². The van der Waals surface area contributed by atoms with Crippen LogP contribution in [0, 0.1) is 0 Å². The van der Waals surface area contributed by atoms with E-state index in [1.54, 1.807) is 0 Å². The Balaban J connectivity index is 1.95. The summed E-state index contributed by atoms with van der Waals surface area (Å²) in [5.41, 5.74) is 0.101. The number of halogens is 2. The summed E-state index contributed by atoms with van der Waals surface area (Å²) in [6.45, 7) is -0.0953. The van der Waals surface area contributed by atoms with Gasteiger partial charge in [-0.05, 0) is 24.3 Å². The molecule has 0 saturated heterocycles. The van der Waals surface area contributed by atoms with Gasteiger partial charge in [0.1, 0.15) is 5.69 Å². The lowest BCUT2D eigenvalue weighted by Crippen LogP contribution is -2.22. The van der Waals surface area contributed by atoms with Crippen molar-refractivity contribution in [3.8, 4) is 0 Å². The fourth-order valence-corrected chi connectivity index (χ4v) is 2.25. The smallest absolute Gasteiger partial charge is 0.283 e. The van der Waals surface area contributed by atoms with E-state index in [9.17, 15) is 22.0 Å². The number of nitrogens with one attached hydrogen (secondary N) is 2. The number of benzene rings is 1. The molecule has 1 heterocycles. The first-order valence-corrected chi connectivity index (χ1v) is 8.23. The highest BCUT2D eigenvalue weighted by atomic mass is 32.2. The third-order valence-electron chi connectivity index (χ3n) is 2.67. The Labute approximate surface area is 130 Å². The van der Waals surface area contributed by atoms with Crippen molar-refractivity contribution in [3.05, 3.63) is 47.3 Å². The maximum absolute atomic E-state index is 12.3. The zero-order valence-electron chi connectivity index (χ0n) is 11.9. The highest BCUT2D eigenvalue weighted by Gasteiger charge is 2.14. The Morgan fingerprint density at radius 3 is 2.48 bits per heavy atom. The Hall–Kier alpha value is -2.49. The summed E-state index contributed by atoms with van der Waals surface area (Å²) in [6, 6.07) is 6.77. The molecule has 2 aromatic rings. The van der Waals surface area contributed by atoms with Gasteiger partial charge in [-0.3, -0.25) is 9.52 Å². The molecule has 10 heteroatoms. The van der Waals surface area contributed by atoms with Crippen molar-refractivity contribution in [2.45, 2.75) is 13.0 Å². The van der Waals surface area contributed by atoms with Crippen LogP contribution in [0.4, 0.5) is 14.5 Å². The van der Waals surface area contributed by atoms with Gasteiger partial charge in [0, 0.05) is 17.3 Å². The van der Waals surface area contributed by atoms with Crippen LogP contribution >= 0.6 is 0 Å². The lowest BCUT2D eigenvalue weighted by molar-refractivity contribution is 0.0946. The molecule has 0 unspecified atom stereocenters. The monoisotopic (exact) mass is 345 g/mol. The predicted octanol–water partition coefficient (Wildman–Crippen LogP) is 1.91. The number of amides is 1. The summed E-state index contributed by atoms with van der Waals surface area (Å²) in [5, 5.41) is 5.65. The molecule has 0 aliphatic rings. The van der Waals surface area contributed by atoms with Crippen LogP contribution in [0.25, 0.3) is 0 Å². The quantitative estimate of drug-likeness (QED) is 0.833. The van der Waals surface area contributed by atoms with Crippen molar-refractivity contribution in [1.82, 2.24) is 10.5 Å². The van der Waals surface area contributed by atoms with Gasteiger partial charge in [-0.1, -0.05) is 5.16 Å². The van der Waals surface area contributed by atoms with E-state index in [-0.39, 0.29) is 17.9 Å². The van der Waals surface area contributed by atoms with Crippen LogP contribution in [0.5, 0.6) is 0 Å². The van der Waals surface area contributed by atoms with Gasteiger partial charge in [-0.2, -0.15) is 0 Å². The number of carbonyl (C=O) groups is 1. The summed E-state index contributed by atoms with van der Waals surface area (Å²) in [6.07, 6.45) is -1.73. The fourth-order valence-electron chi connectivity index (χ4n) is 1.69. The standard InChI is InChI=1S/C13H13F2N3O4S/c1-23(20,21)18-9-4-2-8(3-5-9)13(19)16-7-10-6-11(12(14)15)17-22-10/h2-6,12,18H,7H2,1H3,(H,16,19). The minimum Gasteiger partial charge on any atom is -0.359 e. The second-order valence-electron chi connectivity index (χ2n) is 4.65. The summed E-state index contributed by atoms with van der Waals surface area (Å²) in [5.74, 6) is -0.366. The highest BCUT2D eigenvalue weighted by molar-refractivity contribution is 7.92. The predicted molar refractivity (Wildman–Crippen MR) is 77.5 cm³/mol. The van der Waals surface area contributed by atoms with Gasteiger partial charge in [0.05, 0.1) is 12.8 Å². The average molecular weight is 345 g/mol. The van der Waals surface area contributed by atoms with E-state index in [2.05, 4.69) is 19.7 Å². The molecule has 2 rings (SSSR count). The third-order valence-corrected chi connectivity index (χ3v) is 3.28. The summed E-state index contributed by atoms with van der Waals surface area (Å²) in [7, 11) is -3.39. The molecule has 23 heavy (non-hydrogen) atoms. The van der Waals surface area contributed by atoms with Crippen LogP contribution in [0.15, 0.2) is 34.9 Å². The van der Waals surface area contributed by atoms with Crippen LogP contribution in [-0.2, 0) is 16.6 Å². The molecule has 1 aromatic heterocycles. The molecular weight excluding hydrogens is 332 g/mol. The minimum atomic E-state index is -3.39. The largest absolute Gasteiger partial charge is 0.359 e. The van der Waals surface area contributed by atoms with Crippen LogP contribution in [0.2, 0.25) is 0 Å². The van der Waals surface area contributed by atoms with Crippen molar-refractivity contribution in [3.63, 3.8) is 0 Å². The normalized spacial score (nSPS) is 11.5. The lowest BCUT2D eigenvalue weighted by Gasteiger charge is -2.06. The van der Waals surface area contributed by atoms with Crippen LogP contribution in [-0.4, -0.2) is 25.7 Å². The first kappa shape index (κ1) is 16.9. The molecule has 0 radical (unpaired) electrons. The lowest BCUT2D eigenvalue weighted by atomic mass is 10.2. The fraction of sp³-hybridized carbons (Fsp3) is 0.231. The molecule has 0 fully saturated rings. The number of nitrogens with zero attached hydrogens (tertiary/aromatic N) is 1. The van der Waals surface area contributed by atoms with Crippen molar-refractivity contribution in [2.24, 2.45) is 0 Å². The molecular formula is C13H13F2N3O4S. The van der Waals surface area contributed by atoms with E-state index >= 15 is 0 Å². The van der Waals surface area contributed by atoms with E-state index in [0.717, 1.165) is 12.3 Å². The zero-order valence-corrected chi connectivity index (χ0v) is 12.7. The number of hydrogen-bond donors (Lipinski definition) is 2. The molecule has 0 saturated carbocycles. The number of hydrogen-bond acceptors (Lipinski definition) is 5. The Bertz CT molecular complexity index is 788. The van der Waals surface area contributed by atoms with Gasteiger partial charge in [-0.25, -0.2) is 17.2 Å². The number of carbonyl (C=O) groups excluding carboxylic acids is 1. The number of aromatic nitrogens is 1. The molecule has 0 spiro atoms. The SMILES string of the molecule is CS(=O)(=O)Nc1ccc(C(=O)NCc2cc(C(F)F)no2)cc1. The van der Waals surface area contributed by atoms with E-state index in [1.807, 2.05) is 0 Å². The molecule has 1 aromatic carbocycles. The van der Waals surface area contributed by atoms with Gasteiger partial charge in [-0.15, -0.1) is 0 Å². The van der Waals surface area contributed by atoms with Crippen molar-refractivity contribution >= 4 is 21.6 Å².